The SMILES string of the molecule is C[C@H]1Cc2ccccc2N1Cc1occc1C(=O)N1CCNCC1. The molecule has 4 rings (SSSR count). The third-order valence-corrected chi connectivity index (χ3v) is 5.04. The number of nitrogens with one attached hydrogen (secondary N) is 1. The normalized spacial score (nSPS) is 20.3. The first-order chi connectivity index (χ1) is 11.7. The molecule has 1 aromatic heterocycles. The van der Waals surface area contributed by atoms with Crippen molar-refractivity contribution in [1.29, 1.82) is 0 Å². The fourth-order valence-electron chi connectivity index (χ4n) is 3.72. The molecule has 0 bridgehead atoms. The molecule has 1 saturated heterocycles. The quantitative estimate of drug-likeness (QED) is 0.940. The minimum Gasteiger partial charge on any atom is -0.467 e. The van der Waals surface area contributed by atoms with Crippen LogP contribution in [0.15, 0.2) is 41.0 Å². The molecule has 0 unspecified atom stereocenters. The van der Waals surface area contributed by atoms with Crippen molar-refractivity contribution in [1.82, 2.24) is 10.2 Å². The van der Waals surface area contributed by atoms with Crippen molar-refractivity contribution in [3.05, 3.63) is 53.5 Å². The van der Waals surface area contributed by atoms with Crippen LogP contribution in [0.4, 0.5) is 5.69 Å². The number of anilines is 1. The van der Waals surface area contributed by atoms with E-state index < -0.39 is 0 Å². The molecule has 0 aliphatic carbocycles. The first-order valence-corrected chi connectivity index (χ1v) is 8.65. The Bertz CT molecular complexity index is 734. The van der Waals surface area contributed by atoms with Gasteiger partial charge in [0.25, 0.3) is 5.91 Å². The third kappa shape index (κ3) is 2.69. The highest BCUT2D eigenvalue weighted by atomic mass is 16.3. The van der Waals surface area contributed by atoms with Gasteiger partial charge in [0.1, 0.15) is 5.76 Å². The molecule has 2 aliphatic rings. The predicted molar refractivity (Wildman–Crippen MR) is 93.3 cm³/mol. The second-order valence-corrected chi connectivity index (χ2v) is 6.61. The van der Waals surface area contributed by atoms with Gasteiger partial charge in [-0.25, -0.2) is 0 Å². The fourth-order valence-corrected chi connectivity index (χ4v) is 3.72. The van der Waals surface area contributed by atoms with Crippen LogP contribution in [0, 0.1) is 0 Å². The molecule has 1 atom stereocenters. The van der Waals surface area contributed by atoms with E-state index in [1.165, 1.54) is 11.3 Å². The van der Waals surface area contributed by atoms with E-state index >= 15 is 0 Å². The van der Waals surface area contributed by atoms with Crippen LogP contribution in [0.2, 0.25) is 0 Å². The molecule has 1 amide bonds. The monoisotopic (exact) mass is 325 g/mol. The number of carbonyl (C=O) groups is 1. The van der Waals surface area contributed by atoms with Gasteiger partial charge >= 0.3 is 0 Å². The van der Waals surface area contributed by atoms with Crippen LogP contribution in [0.1, 0.15) is 28.6 Å². The van der Waals surface area contributed by atoms with Crippen LogP contribution in [0.5, 0.6) is 0 Å². The number of nitrogens with zero attached hydrogens (tertiary/aromatic N) is 2. The molecular weight excluding hydrogens is 302 g/mol. The third-order valence-electron chi connectivity index (χ3n) is 5.04. The Morgan fingerprint density at radius 3 is 2.88 bits per heavy atom. The molecule has 2 aromatic rings. The lowest BCUT2D eigenvalue weighted by atomic mass is 10.1. The van der Waals surface area contributed by atoms with Gasteiger partial charge in [0.15, 0.2) is 0 Å². The fraction of sp³-hybridized carbons (Fsp3) is 0.421. The number of amides is 1. The Kier molecular flexibility index (Phi) is 4.02. The summed E-state index contributed by atoms with van der Waals surface area (Å²) in [6.45, 7) is 6.09. The molecule has 0 saturated carbocycles. The highest BCUT2D eigenvalue weighted by Gasteiger charge is 2.29. The minimum absolute atomic E-state index is 0.0837. The van der Waals surface area contributed by atoms with E-state index in [4.69, 9.17) is 4.42 Å². The Balaban J connectivity index is 1.56. The summed E-state index contributed by atoms with van der Waals surface area (Å²) in [6, 6.07) is 10.7. The van der Waals surface area contributed by atoms with Gasteiger partial charge < -0.3 is 19.5 Å². The highest BCUT2D eigenvalue weighted by Crippen LogP contribution is 2.33. The maximum atomic E-state index is 12.8. The zero-order chi connectivity index (χ0) is 16.5. The van der Waals surface area contributed by atoms with E-state index in [2.05, 4.69) is 41.4 Å². The van der Waals surface area contributed by atoms with Gasteiger partial charge in [-0.05, 0) is 31.0 Å². The smallest absolute Gasteiger partial charge is 0.257 e. The van der Waals surface area contributed by atoms with Crippen LogP contribution in [-0.2, 0) is 13.0 Å². The molecule has 24 heavy (non-hydrogen) atoms. The van der Waals surface area contributed by atoms with E-state index in [9.17, 15) is 4.79 Å². The van der Waals surface area contributed by atoms with E-state index in [1.807, 2.05) is 11.0 Å². The van der Waals surface area contributed by atoms with Gasteiger partial charge in [0.05, 0.1) is 18.4 Å². The van der Waals surface area contributed by atoms with Crippen LogP contribution >= 0.6 is 0 Å². The standard InChI is InChI=1S/C19H23N3O2/c1-14-12-15-4-2-3-5-17(15)22(14)13-18-16(6-11-24-18)19(23)21-9-7-20-8-10-21/h2-6,11,14,20H,7-10,12-13H2,1H3/t14-/m0/s1. The summed E-state index contributed by atoms with van der Waals surface area (Å²) in [5.74, 6) is 0.850. The molecule has 126 valence electrons. The summed E-state index contributed by atoms with van der Waals surface area (Å²) < 4.78 is 5.70. The minimum atomic E-state index is 0.0837. The summed E-state index contributed by atoms with van der Waals surface area (Å²) in [4.78, 5) is 17.0. The maximum absolute atomic E-state index is 12.8. The second kappa shape index (κ2) is 6.32. The molecule has 0 radical (unpaired) electrons. The largest absolute Gasteiger partial charge is 0.467 e. The molecule has 1 aromatic carbocycles. The lowest BCUT2D eigenvalue weighted by Crippen LogP contribution is -2.46. The zero-order valence-electron chi connectivity index (χ0n) is 14.0. The second-order valence-electron chi connectivity index (χ2n) is 6.61. The lowest BCUT2D eigenvalue weighted by molar-refractivity contribution is 0.0733. The number of rotatable bonds is 3. The van der Waals surface area contributed by atoms with Gasteiger partial charge in [0, 0.05) is 37.9 Å². The number of hydrogen-bond donors (Lipinski definition) is 1. The lowest BCUT2D eigenvalue weighted by Gasteiger charge is -2.28. The summed E-state index contributed by atoms with van der Waals surface area (Å²) >= 11 is 0. The van der Waals surface area contributed by atoms with Gasteiger partial charge in [-0.2, -0.15) is 0 Å². The molecule has 5 nitrogen and oxygen atoms in total. The van der Waals surface area contributed by atoms with E-state index in [0.717, 1.165) is 38.4 Å². The number of carbonyl (C=O) groups excluding carboxylic acids is 1. The molecule has 2 aliphatic heterocycles. The van der Waals surface area contributed by atoms with E-state index in [-0.39, 0.29) is 5.91 Å². The van der Waals surface area contributed by atoms with Crippen molar-refractivity contribution in [2.24, 2.45) is 0 Å². The van der Waals surface area contributed by atoms with Crippen LogP contribution in [0.3, 0.4) is 0 Å². The first kappa shape index (κ1) is 15.3. The summed E-state index contributed by atoms with van der Waals surface area (Å²) in [5.41, 5.74) is 3.32. The Morgan fingerprint density at radius 2 is 2.04 bits per heavy atom. The number of furan rings is 1. The Labute approximate surface area is 142 Å². The van der Waals surface area contributed by atoms with Crippen molar-refractivity contribution in [2.75, 3.05) is 31.1 Å². The molecule has 0 spiro atoms. The molecule has 3 heterocycles. The number of benzene rings is 1. The van der Waals surface area contributed by atoms with Crippen LogP contribution in [-0.4, -0.2) is 43.0 Å². The molecule has 1 fully saturated rings. The van der Waals surface area contributed by atoms with Crippen molar-refractivity contribution in [2.45, 2.75) is 25.9 Å². The number of hydrogen-bond acceptors (Lipinski definition) is 4. The molecular formula is C19H23N3O2. The maximum Gasteiger partial charge on any atom is 0.257 e. The summed E-state index contributed by atoms with van der Waals surface area (Å²) in [7, 11) is 0. The topological polar surface area (TPSA) is 48.7 Å². The molecule has 1 N–H and O–H groups in total. The number of piperazine rings is 1. The van der Waals surface area contributed by atoms with E-state index in [1.54, 1.807) is 6.26 Å². The summed E-state index contributed by atoms with van der Waals surface area (Å²) in [6.07, 6.45) is 2.68. The number of fused-ring (bicyclic) bond motifs is 1. The van der Waals surface area contributed by atoms with Crippen LogP contribution < -0.4 is 10.2 Å². The van der Waals surface area contributed by atoms with Crippen molar-refractivity contribution < 1.29 is 9.21 Å². The van der Waals surface area contributed by atoms with Crippen molar-refractivity contribution in [3.8, 4) is 0 Å². The average molecular weight is 325 g/mol. The first-order valence-electron chi connectivity index (χ1n) is 8.65. The van der Waals surface area contributed by atoms with Gasteiger partial charge in [0.2, 0.25) is 0 Å². The number of para-hydroxylation sites is 1. The Hall–Kier alpha value is -2.27. The summed E-state index contributed by atoms with van der Waals surface area (Å²) in [5, 5.41) is 3.28. The van der Waals surface area contributed by atoms with Crippen molar-refractivity contribution >= 4 is 11.6 Å². The zero-order valence-corrected chi connectivity index (χ0v) is 14.0. The van der Waals surface area contributed by atoms with Crippen LogP contribution in [0.25, 0.3) is 0 Å². The van der Waals surface area contributed by atoms with Crippen molar-refractivity contribution in [3.63, 3.8) is 0 Å². The van der Waals surface area contributed by atoms with Gasteiger partial charge in [-0.15, -0.1) is 0 Å². The van der Waals surface area contributed by atoms with Gasteiger partial charge in [-0.1, -0.05) is 18.2 Å². The highest BCUT2D eigenvalue weighted by molar-refractivity contribution is 5.95. The Morgan fingerprint density at radius 1 is 1.25 bits per heavy atom. The molecule has 5 heteroatoms. The van der Waals surface area contributed by atoms with Gasteiger partial charge in [-0.3, -0.25) is 4.79 Å². The average Bonchev–Trinajstić information content (AvgIpc) is 3.20. The van der Waals surface area contributed by atoms with E-state index in [0.29, 0.717) is 18.2 Å². The predicted octanol–water partition coefficient (Wildman–Crippen LogP) is 2.28.